The Bertz CT molecular complexity index is 855. The van der Waals surface area contributed by atoms with E-state index in [-0.39, 0.29) is 11.5 Å². The highest BCUT2D eigenvalue weighted by Gasteiger charge is 2.48. The summed E-state index contributed by atoms with van der Waals surface area (Å²) in [6.45, 7) is 0. The van der Waals surface area contributed by atoms with Crippen LogP contribution in [0.15, 0.2) is 23.3 Å². The maximum absolute atomic E-state index is 6.72. The summed E-state index contributed by atoms with van der Waals surface area (Å²) in [6.07, 6.45) is 11.8. The summed E-state index contributed by atoms with van der Waals surface area (Å²) in [5, 5.41) is 7.81. The molecular formula is C17H19ClN6O. The SMILES string of the molecule is ClC1CCCC2C1C1NC=CN1c1c(-c3nc(C4CC4)no3)ncn12. The number of rotatable bonds is 2. The molecule has 4 heterocycles. The van der Waals surface area contributed by atoms with Gasteiger partial charge in [-0.25, -0.2) is 4.98 Å². The van der Waals surface area contributed by atoms with Gasteiger partial charge in [0, 0.05) is 35.7 Å². The third-order valence-electron chi connectivity index (χ3n) is 5.96. The lowest BCUT2D eigenvalue weighted by atomic mass is 9.80. The number of aromatic nitrogens is 4. The van der Waals surface area contributed by atoms with Crippen molar-refractivity contribution in [1.82, 2.24) is 25.0 Å². The lowest BCUT2D eigenvalue weighted by Crippen LogP contribution is -2.54. The summed E-state index contributed by atoms with van der Waals surface area (Å²) in [4.78, 5) is 11.5. The van der Waals surface area contributed by atoms with Gasteiger partial charge in [0.2, 0.25) is 0 Å². The number of anilines is 1. The predicted molar refractivity (Wildman–Crippen MR) is 92.1 cm³/mol. The van der Waals surface area contributed by atoms with E-state index in [0.717, 1.165) is 49.4 Å². The van der Waals surface area contributed by atoms with Gasteiger partial charge in [-0.2, -0.15) is 4.98 Å². The van der Waals surface area contributed by atoms with Crippen LogP contribution in [0.4, 0.5) is 5.82 Å². The molecule has 130 valence electrons. The molecule has 4 aliphatic rings. The van der Waals surface area contributed by atoms with Gasteiger partial charge in [0.05, 0.1) is 6.33 Å². The average Bonchev–Trinajstić information content (AvgIpc) is 3.03. The number of imidazole rings is 1. The fourth-order valence-electron chi connectivity index (χ4n) is 4.62. The number of hydrogen-bond acceptors (Lipinski definition) is 6. The Morgan fingerprint density at radius 2 is 2.16 bits per heavy atom. The van der Waals surface area contributed by atoms with Crippen LogP contribution in [0.5, 0.6) is 0 Å². The molecule has 2 aromatic heterocycles. The summed E-state index contributed by atoms with van der Waals surface area (Å²) in [7, 11) is 0. The Balaban J connectivity index is 1.48. The van der Waals surface area contributed by atoms with Crippen LogP contribution in [-0.4, -0.2) is 31.2 Å². The molecule has 2 saturated carbocycles. The Morgan fingerprint density at radius 3 is 3.04 bits per heavy atom. The molecule has 2 fully saturated rings. The van der Waals surface area contributed by atoms with Crippen LogP contribution < -0.4 is 10.2 Å². The number of hydrogen-bond donors (Lipinski definition) is 1. The predicted octanol–water partition coefficient (Wildman–Crippen LogP) is 2.98. The van der Waals surface area contributed by atoms with Gasteiger partial charge in [-0.15, -0.1) is 11.6 Å². The average molecular weight is 359 g/mol. The molecule has 0 amide bonds. The second kappa shape index (κ2) is 5.00. The lowest BCUT2D eigenvalue weighted by molar-refractivity contribution is 0.183. The summed E-state index contributed by atoms with van der Waals surface area (Å²) < 4.78 is 7.82. The van der Waals surface area contributed by atoms with Crippen molar-refractivity contribution in [2.24, 2.45) is 5.92 Å². The molecule has 25 heavy (non-hydrogen) atoms. The number of fused-ring (bicyclic) bond motifs is 6. The highest BCUT2D eigenvalue weighted by Crippen LogP contribution is 2.49. The highest BCUT2D eigenvalue weighted by molar-refractivity contribution is 6.21. The molecule has 0 bridgehead atoms. The van der Waals surface area contributed by atoms with E-state index < -0.39 is 0 Å². The topological polar surface area (TPSA) is 72.0 Å². The minimum atomic E-state index is 0.168. The zero-order valence-electron chi connectivity index (χ0n) is 13.7. The highest BCUT2D eigenvalue weighted by atomic mass is 35.5. The lowest BCUT2D eigenvalue weighted by Gasteiger charge is -2.47. The smallest absolute Gasteiger partial charge is 0.280 e. The molecular weight excluding hydrogens is 340 g/mol. The van der Waals surface area contributed by atoms with Crippen molar-refractivity contribution < 1.29 is 4.52 Å². The second-order valence-electron chi connectivity index (χ2n) is 7.48. The van der Waals surface area contributed by atoms with Crippen molar-refractivity contribution in [3.63, 3.8) is 0 Å². The molecule has 2 aliphatic heterocycles. The third kappa shape index (κ3) is 1.96. The summed E-state index contributed by atoms with van der Waals surface area (Å²) in [5.74, 6) is 3.19. The standard InChI is InChI=1S/C17H19ClN6O/c18-10-2-1-3-11-12(10)15-19-6-7-23(15)17-13(20-8-24(11)17)16-21-14(22-25-16)9-4-5-9/h6-12,15,19H,1-5H2. The Hall–Kier alpha value is -2.02. The summed E-state index contributed by atoms with van der Waals surface area (Å²) in [6, 6.07) is 0.354. The Morgan fingerprint density at radius 1 is 1.24 bits per heavy atom. The van der Waals surface area contributed by atoms with E-state index in [1.54, 1.807) is 0 Å². The summed E-state index contributed by atoms with van der Waals surface area (Å²) in [5.41, 5.74) is 0.771. The minimum absolute atomic E-state index is 0.168. The van der Waals surface area contributed by atoms with Crippen molar-refractivity contribution in [2.75, 3.05) is 4.90 Å². The van der Waals surface area contributed by atoms with Gasteiger partial charge in [0.15, 0.2) is 11.5 Å². The van der Waals surface area contributed by atoms with Crippen LogP contribution in [0.3, 0.4) is 0 Å². The van der Waals surface area contributed by atoms with Crippen molar-refractivity contribution in [3.8, 4) is 11.6 Å². The molecule has 0 saturated heterocycles. The van der Waals surface area contributed by atoms with Crippen LogP contribution in [-0.2, 0) is 0 Å². The normalized spacial score (nSPS) is 32.9. The first-order chi connectivity index (χ1) is 12.3. The monoisotopic (exact) mass is 358 g/mol. The van der Waals surface area contributed by atoms with E-state index in [0.29, 0.717) is 23.8 Å². The molecule has 7 nitrogen and oxygen atoms in total. The van der Waals surface area contributed by atoms with E-state index >= 15 is 0 Å². The van der Waals surface area contributed by atoms with Crippen molar-refractivity contribution in [2.45, 2.75) is 55.6 Å². The van der Waals surface area contributed by atoms with Crippen LogP contribution >= 0.6 is 11.6 Å². The van der Waals surface area contributed by atoms with E-state index in [4.69, 9.17) is 16.1 Å². The molecule has 4 unspecified atom stereocenters. The van der Waals surface area contributed by atoms with Gasteiger partial charge in [-0.05, 0) is 32.1 Å². The molecule has 0 aromatic carbocycles. The largest absolute Gasteiger partial charge is 0.369 e. The van der Waals surface area contributed by atoms with Crippen LogP contribution in [0, 0.1) is 5.92 Å². The zero-order valence-corrected chi connectivity index (χ0v) is 14.4. The maximum atomic E-state index is 6.72. The van der Waals surface area contributed by atoms with Crippen molar-refractivity contribution in [1.29, 1.82) is 0 Å². The number of nitrogens with one attached hydrogen (secondary N) is 1. The molecule has 4 atom stereocenters. The zero-order chi connectivity index (χ0) is 16.5. The van der Waals surface area contributed by atoms with Gasteiger partial charge in [0.1, 0.15) is 12.0 Å². The molecule has 0 spiro atoms. The van der Waals surface area contributed by atoms with Gasteiger partial charge < -0.3 is 19.3 Å². The third-order valence-corrected chi connectivity index (χ3v) is 6.47. The first kappa shape index (κ1) is 14.2. The molecule has 2 aliphatic carbocycles. The molecule has 8 heteroatoms. The number of alkyl halides is 1. The minimum Gasteiger partial charge on any atom is -0.369 e. The fourth-order valence-corrected chi connectivity index (χ4v) is 5.08. The molecule has 2 aromatic rings. The van der Waals surface area contributed by atoms with Crippen LogP contribution in [0.25, 0.3) is 11.6 Å². The van der Waals surface area contributed by atoms with E-state index in [1.165, 1.54) is 0 Å². The first-order valence-electron chi connectivity index (χ1n) is 9.07. The molecule has 1 N–H and O–H groups in total. The Labute approximate surface area is 150 Å². The van der Waals surface area contributed by atoms with Crippen LogP contribution in [0.2, 0.25) is 0 Å². The van der Waals surface area contributed by atoms with Crippen LogP contribution in [0.1, 0.15) is 49.9 Å². The van der Waals surface area contributed by atoms with Crippen molar-refractivity contribution >= 4 is 17.4 Å². The van der Waals surface area contributed by atoms with E-state index in [2.05, 4.69) is 36.1 Å². The van der Waals surface area contributed by atoms with Gasteiger partial charge in [0.25, 0.3) is 5.89 Å². The number of nitrogens with zero attached hydrogens (tertiary/aromatic N) is 5. The molecule has 6 rings (SSSR count). The van der Waals surface area contributed by atoms with Crippen molar-refractivity contribution in [3.05, 3.63) is 24.6 Å². The van der Waals surface area contributed by atoms with E-state index in [9.17, 15) is 0 Å². The maximum Gasteiger partial charge on any atom is 0.280 e. The quantitative estimate of drug-likeness (QED) is 0.832. The second-order valence-corrected chi connectivity index (χ2v) is 8.04. The van der Waals surface area contributed by atoms with Gasteiger partial charge in [-0.1, -0.05) is 5.16 Å². The van der Waals surface area contributed by atoms with Gasteiger partial charge in [-0.3, -0.25) is 0 Å². The van der Waals surface area contributed by atoms with E-state index in [1.807, 2.05) is 12.5 Å². The molecule has 0 radical (unpaired) electrons. The summed E-state index contributed by atoms with van der Waals surface area (Å²) >= 11 is 6.72. The first-order valence-corrected chi connectivity index (χ1v) is 9.51. The Kier molecular flexibility index (Phi) is 2.84. The fraction of sp³-hybridized carbons (Fsp3) is 0.588. The number of halogens is 1. The van der Waals surface area contributed by atoms with Gasteiger partial charge >= 0.3 is 0 Å².